The molecule has 0 aliphatic rings. The van der Waals surface area contributed by atoms with Gasteiger partial charge < -0.3 is 0 Å². The molecule has 1 aromatic carbocycles. The number of hydrogen-bond acceptors (Lipinski definition) is 4. The molecular weight excluding hydrogens is 228 g/mol. The van der Waals surface area contributed by atoms with Crippen LogP contribution in [0.5, 0.6) is 0 Å². The van der Waals surface area contributed by atoms with Crippen LogP contribution in [0.25, 0.3) is 0 Å². The number of sulfonamides is 1. The summed E-state index contributed by atoms with van der Waals surface area (Å²) in [6.45, 7) is 3.23. The summed E-state index contributed by atoms with van der Waals surface area (Å²) in [6.07, 6.45) is 0. The molecule has 16 heavy (non-hydrogen) atoms. The Morgan fingerprint density at radius 1 is 1.38 bits per heavy atom. The van der Waals surface area contributed by atoms with Crippen LogP contribution in [0, 0.1) is 11.3 Å². The zero-order chi connectivity index (χ0) is 12.3. The van der Waals surface area contributed by atoms with Crippen LogP contribution >= 0.6 is 0 Å². The molecular formula is C10H8N2O3S. The largest absolute Gasteiger partial charge is 0.288 e. The first-order valence-electron chi connectivity index (χ1n) is 4.13. The molecule has 82 valence electrons. The van der Waals surface area contributed by atoms with E-state index in [2.05, 4.69) is 6.58 Å². The summed E-state index contributed by atoms with van der Waals surface area (Å²) in [6, 6.07) is 6.96. The van der Waals surface area contributed by atoms with Crippen molar-refractivity contribution >= 4 is 15.8 Å². The lowest BCUT2D eigenvalue weighted by atomic mass is 10.1. The van der Waals surface area contributed by atoms with Gasteiger partial charge in [0.15, 0.2) is 0 Å². The fraction of sp³-hybridized carbons (Fsp3) is 0. The number of ketones is 1. The van der Waals surface area contributed by atoms with Crippen molar-refractivity contribution in [2.45, 2.75) is 4.90 Å². The first-order chi connectivity index (χ1) is 7.38. The standard InChI is InChI=1S/C10H8N2O3S/c1-7(6-11)10(13)8-4-2-3-5-9(8)16(12,14)15/h2-5H,1H2,(H2,12,14,15). The van der Waals surface area contributed by atoms with Crippen molar-refractivity contribution in [3.8, 4) is 6.07 Å². The van der Waals surface area contributed by atoms with Crippen molar-refractivity contribution in [1.82, 2.24) is 0 Å². The number of Topliss-reactive ketones (excluding diaryl/α,β-unsaturated/α-hetero) is 1. The second-order valence-corrected chi connectivity index (χ2v) is 4.49. The van der Waals surface area contributed by atoms with E-state index in [4.69, 9.17) is 10.4 Å². The maximum absolute atomic E-state index is 11.6. The summed E-state index contributed by atoms with van der Waals surface area (Å²) in [5.74, 6) is -0.743. The van der Waals surface area contributed by atoms with Crippen molar-refractivity contribution in [2.24, 2.45) is 5.14 Å². The summed E-state index contributed by atoms with van der Waals surface area (Å²) in [5, 5.41) is 13.5. The highest BCUT2D eigenvalue weighted by molar-refractivity contribution is 7.89. The van der Waals surface area contributed by atoms with Gasteiger partial charge in [0.2, 0.25) is 15.8 Å². The number of benzene rings is 1. The minimum atomic E-state index is -3.99. The Morgan fingerprint density at radius 3 is 2.44 bits per heavy atom. The molecule has 1 rings (SSSR count). The molecule has 0 radical (unpaired) electrons. The molecule has 0 atom stereocenters. The molecule has 0 aromatic heterocycles. The van der Waals surface area contributed by atoms with Gasteiger partial charge >= 0.3 is 0 Å². The first kappa shape index (κ1) is 12.1. The third-order valence-electron chi connectivity index (χ3n) is 1.85. The van der Waals surface area contributed by atoms with Crippen LogP contribution in [0.1, 0.15) is 10.4 Å². The Balaban J connectivity index is 3.43. The van der Waals surface area contributed by atoms with Crippen LogP contribution in [0.15, 0.2) is 41.3 Å². The molecule has 5 nitrogen and oxygen atoms in total. The molecule has 0 aliphatic heterocycles. The average molecular weight is 236 g/mol. The Bertz CT molecular complexity index is 597. The van der Waals surface area contributed by atoms with Crippen LogP contribution < -0.4 is 5.14 Å². The molecule has 0 aliphatic carbocycles. The van der Waals surface area contributed by atoms with Gasteiger partial charge in [0, 0.05) is 5.56 Å². The van der Waals surface area contributed by atoms with Gasteiger partial charge in [0.05, 0.1) is 10.5 Å². The third kappa shape index (κ3) is 2.34. The lowest BCUT2D eigenvalue weighted by Gasteiger charge is -2.04. The zero-order valence-electron chi connectivity index (χ0n) is 8.17. The van der Waals surface area contributed by atoms with Crippen molar-refractivity contribution in [1.29, 1.82) is 5.26 Å². The van der Waals surface area contributed by atoms with E-state index in [9.17, 15) is 13.2 Å². The van der Waals surface area contributed by atoms with Crippen LogP contribution in [0.2, 0.25) is 0 Å². The number of primary sulfonamides is 1. The van der Waals surface area contributed by atoms with Gasteiger partial charge in [-0.1, -0.05) is 18.7 Å². The summed E-state index contributed by atoms with van der Waals surface area (Å²) in [5.41, 5.74) is -0.479. The number of nitriles is 1. The van der Waals surface area contributed by atoms with E-state index in [-0.39, 0.29) is 16.0 Å². The highest BCUT2D eigenvalue weighted by atomic mass is 32.2. The number of rotatable bonds is 3. The Labute approximate surface area is 92.9 Å². The lowest BCUT2D eigenvalue weighted by Crippen LogP contribution is -2.17. The molecule has 0 amide bonds. The molecule has 2 N–H and O–H groups in total. The maximum Gasteiger partial charge on any atom is 0.238 e. The van der Waals surface area contributed by atoms with Crippen LogP contribution in [0.4, 0.5) is 0 Å². The third-order valence-corrected chi connectivity index (χ3v) is 2.82. The van der Waals surface area contributed by atoms with Gasteiger partial charge in [-0.2, -0.15) is 5.26 Å². The second kappa shape index (κ2) is 4.26. The van der Waals surface area contributed by atoms with Gasteiger partial charge in [-0.15, -0.1) is 0 Å². The fourth-order valence-electron chi connectivity index (χ4n) is 1.12. The van der Waals surface area contributed by atoms with E-state index >= 15 is 0 Å². The monoisotopic (exact) mass is 236 g/mol. The van der Waals surface area contributed by atoms with E-state index in [0.717, 1.165) is 0 Å². The molecule has 0 spiro atoms. The van der Waals surface area contributed by atoms with Gasteiger partial charge in [0.25, 0.3) is 0 Å². The van der Waals surface area contributed by atoms with Gasteiger partial charge in [-0.05, 0) is 12.1 Å². The number of hydrogen-bond donors (Lipinski definition) is 1. The quantitative estimate of drug-likeness (QED) is 0.471. The van der Waals surface area contributed by atoms with Crippen molar-refractivity contribution < 1.29 is 13.2 Å². The number of carbonyl (C=O) groups is 1. The van der Waals surface area contributed by atoms with E-state index in [1.54, 1.807) is 6.07 Å². The fourth-order valence-corrected chi connectivity index (χ4v) is 1.85. The molecule has 0 saturated heterocycles. The molecule has 0 fully saturated rings. The molecule has 0 bridgehead atoms. The van der Waals surface area contributed by atoms with E-state index in [1.165, 1.54) is 24.3 Å². The van der Waals surface area contributed by atoms with E-state index < -0.39 is 15.8 Å². The minimum Gasteiger partial charge on any atom is -0.288 e. The molecule has 0 saturated carbocycles. The zero-order valence-corrected chi connectivity index (χ0v) is 8.99. The van der Waals surface area contributed by atoms with Crippen LogP contribution in [-0.2, 0) is 10.0 Å². The number of carbonyl (C=O) groups excluding carboxylic acids is 1. The second-order valence-electron chi connectivity index (χ2n) is 2.96. The van der Waals surface area contributed by atoms with Gasteiger partial charge in [-0.25, -0.2) is 13.6 Å². The number of allylic oxidation sites excluding steroid dienone is 1. The Hall–Kier alpha value is -1.97. The molecule has 6 heteroatoms. The lowest BCUT2D eigenvalue weighted by molar-refractivity contribution is 0.103. The number of nitrogens with zero attached hydrogens (tertiary/aromatic N) is 1. The average Bonchev–Trinajstić information content (AvgIpc) is 2.26. The predicted molar refractivity (Wildman–Crippen MR) is 56.9 cm³/mol. The normalized spacial score (nSPS) is 10.5. The summed E-state index contributed by atoms with van der Waals surface area (Å²) >= 11 is 0. The minimum absolute atomic E-state index is 0.142. The smallest absolute Gasteiger partial charge is 0.238 e. The molecule has 0 unspecified atom stereocenters. The first-order valence-corrected chi connectivity index (χ1v) is 5.68. The van der Waals surface area contributed by atoms with Crippen molar-refractivity contribution in [2.75, 3.05) is 0 Å². The Kier molecular flexibility index (Phi) is 3.22. The summed E-state index contributed by atoms with van der Waals surface area (Å²) in [4.78, 5) is 11.3. The molecule has 1 aromatic rings. The van der Waals surface area contributed by atoms with Gasteiger partial charge in [0.1, 0.15) is 6.07 Å². The maximum atomic E-state index is 11.6. The predicted octanol–water partition coefficient (Wildman–Crippen LogP) is 0.596. The highest BCUT2D eigenvalue weighted by Gasteiger charge is 2.20. The van der Waals surface area contributed by atoms with E-state index in [0.29, 0.717) is 0 Å². The summed E-state index contributed by atoms with van der Waals surface area (Å²) < 4.78 is 22.4. The van der Waals surface area contributed by atoms with Crippen molar-refractivity contribution in [3.05, 3.63) is 42.0 Å². The van der Waals surface area contributed by atoms with E-state index in [1.807, 2.05) is 0 Å². The van der Waals surface area contributed by atoms with Crippen molar-refractivity contribution in [3.63, 3.8) is 0 Å². The number of nitrogens with two attached hydrogens (primary N) is 1. The summed E-state index contributed by atoms with van der Waals surface area (Å²) in [7, 11) is -3.99. The molecule has 0 heterocycles. The van der Waals surface area contributed by atoms with Crippen LogP contribution in [-0.4, -0.2) is 14.2 Å². The SMILES string of the molecule is C=C(C#N)C(=O)c1ccccc1S(N)(=O)=O. The van der Waals surface area contributed by atoms with Crippen LogP contribution in [0.3, 0.4) is 0 Å². The Morgan fingerprint density at radius 2 is 1.94 bits per heavy atom. The van der Waals surface area contributed by atoms with Gasteiger partial charge in [-0.3, -0.25) is 4.79 Å². The topological polar surface area (TPSA) is 101 Å². The highest BCUT2D eigenvalue weighted by Crippen LogP contribution is 2.16.